The number of fused-ring (bicyclic) bond motifs is 1. The third kappa shape index (κ3) is 4.84. The summed E-state index contributed by atoms with van der Waals surface area (Å²) in [6.07, 6.45) is 5.60. The van der Waals surface area contributed by atoms with E-state index >= 15 is 0 Å². The number of methoxy groups -OCH3 is 2. The van der Waals surface area contributed by atoms with Crippen LogP contribution in [0.5, 0.6) is 11.5 Å². The quantitative estimate of drug-likeness (QED) is 0.443. The molecule has 1 atom stereocenters. The van der Waals surface area contributed by atoms with E-state index in [9.17, 15) is 14.4 Å². The Morgan fingerprint density at radius 3 is 2.62 bits per heavy atom. The van der Waals surface area contributed by atoms with Crippen LogP contribution in [0.15, 0.2) is 40.7 Å². The van der Waals surface area contributed by atoms with E-state index < -0.39 is 11.9 Å². The molecule has 2 aromatic rings. The van der Waals surface area contributed by atoms with Gasteiger partial charge in [0.25, 0.3) is 5.91 Å². The van der Waals surface area contributed by atoms with E-state index in [1.54, 1.807) is 27.2 Å². The summed E-state index contributed by atoms with van der Waals surface area (Å²) in [5.74, 6) is -0.432. The number of esters is 1. The number of ether oxygens (including phenoxy) is 3. The third-order valence-electron chi connectivity index (χ3n) is 7.64. The van der Waals surface area contributed by atoms with Crippen molar-refractivity contribution in [3.05, 3.63) is 62.3 Å². The van der Waals surface area contributed by atoms with Gasteiger partial charge in [0, 0.05) is 39.4 Å². The molecule has 0 spiro atoms. The van der Waals surface area contributed by atoms with Crippen LogP contribution in [0.3, 0.4) is 0 Å². The van der Waals surface area contributed by atoms with Gasteiger partial charge >= 0.3 is 5.97 Å². The van der Waals surface area contributed by atoms with Gasteiger partial charge in [-0.3, -0.25) is 9.59 Å². The number of benzene rings is 1. The SMILES string of the molecule is CCOC(=O)c1c(NC(=O)C2=C(C)NC3=C(C(=O)CCC3)[C@@H]2c2cccc(OC)c2OC)sc2c1CCCC2. The maximum absolute atomic E-state index is 14.2. The molecule has 1 aromatic heterocycles. The van der Waals surface area contributed by atoms with Crippen molar-refractivity contribution in [1.29, 1.82) is 0 Å². The maximum Gasteiger partial charge on any atom is 0.341 e. The molecule has 0 saturated carbocycles. The molecule has 39 heavy (non-hydrogen) atoms. The zero-order chi connectivity index (χ0) is 27.7. The molecular formula is C30H34N2O6S. The summed E-state index contributed by atoms with van der Waals surface area (Å²) < 4.78 is 16.7. The predicted molar refractivity (Wildman–Crippen MR) is 150 cm³/mol. The molecule has 1 amide bonds. The molecule has 0 radical (unpaired) electrons. The van der Waals surface area contributed by atoms with Gasteiger partial charge in [0.2, 0.25) is 0 Å². The molecule has 1 aliphatic heterocycles. The predicted octanol–water partition coefficient (Wildman–Crippen LogP) is 5.43. The van der Waals surface area contributed by atoms with Gasteiger partial charge in [0.15, 0.2) is 17.3 Å². The Morgan fingerprint density at radius 1 is 1.08 bits per heavy atom. The van der Waals surface area contributed by atoms with Gasteiger partial charge in [-0.1, -0.05) is 12.1 Å². The second-order valence-electron chi connectivity index (χ2n) is 9.94. The lowest BCUT2D eigenvalue weighted by atomic mass is 9.74. The van der Waals surface area contributed by atoms with E-state index in [-0.39, 0.29) is 18.3 Å². The van der Waals surface area contributed by atoms with Crippen LogP contribution in [-0.2, 0) is 27.2 Å². The lowest BCUT2D eigenvalue weighted by Crippen LogP contribution is -2.35. The Morgan fingerprint density at radius 2 is 1.87 bits per heavy atom. The van der Waals surface area contributed by atoms with Crippen molar-refractivity contribution >= 4 is 34.0 Å². The zero-order valence-corrected chi connectivity index (χ0v) is 23.6. The number of Topliss-reactive ketones (excluding diaryl/α,β-unsaturated/α-hetero) is 1. The molecule has 0 fully saturated rings. The fourth-order valence-corrected chi connectivity index (χ4v) is 7.25. The summed E-state index contributed by atoms with van der Waals surface area (Å²) in [4.78, 5) is 41.7. The van der Waals surface area contributed by atoms with Crippen LogP contribution in [0.4, 0.5) is 5.00 Å². The Kier molecular flexibility index (Phi) is 7.79. The highest BCUT2D eigenvalue weighted by Crippen LogP contribution is 2.48. The van der Waals surface area contributed by atoms with Crippen LogP contribution >= 0.6 is 11.3 Å². The smallest absolute Gasteiger partial charge is 0.341 e. The molecule has 206 valence electrons. The number of hydrogen-bond donors (Lipinski definition) is 2. The van der Waals surface area contributed by atoms with Crippen LogP contribution in [-0.4, -0.2) is 38.5 Å². The van der Waals surface area contributed by atoms with Crippen LogP contribution in [0.25, 0.3) is 0 Å². The van der Waals surface area contributed by atoms with Gasteiger partial charge in [-0.2, -0.15) is 0 Å². The topological polar surface area (TPSA) is 103 Å². The Labute approximate surface area is 232 Å². The van der Waals surface area contributed by atoms with E-state index in [0.29, 0.717) is 50.9 Å². The molecule has 3 aliphatic rings. The summed E-state index contributed by atoms with van der Waals surface area (Å²) in [5.41, 5.74) is 4.61. The summed E-state index contributed by atoms with van der Waals surface area (Å²) in [5, 5.41) is 6.91. The lowest BCUT2D eigenvalue weighted by molar-refractivity contribution is -0.116. The van der Waals surface area contributed by atoms with Gasteiger partial charge in [-0.05, 0) is 64.0 Å². The van der Waals surface area contributed by atoms with Crippen molar-refractivity contribution in [2.75, 3.05) is 26.1 Å². The highest BCUT2D eigenvalue weighted by Gasteiger charge is 2.41. The van der Waals surface area contributed by atoms with Gasteiger partial charge in [-0.15, -0.1) is 11.3 Å². The molecular weight excluding hydrogens is 516 g/mol. The Bertz CT molecular complexity index is 1400. The number of allylic oxidation sites excluding steroid dienone is 3. The fourth-order valence-electron chi connectivity index (χ4n) is 5.98. The van der Waals surface area contributed by atoms with E-state index in [1.165, 1.54) is 11.3 Å². The first-order valence-corrected chi connectivity index (χ1v) is 14.3. The number of carbonyl (C=O) groups excluding carboxylic acids is 3. The number of thiophene rings is 1. The first-order chi connectivity index (χ1) is 18.9. The average molecular weight is 551 g/mol. The van der Waals surface area contributed by atoms with E-state index in [4.69, 9.17) is 14.2 Å². The third-order valence-corrected chi connectivity index (χ3v) is 8.85. The highest BCUT2D eigenvalue weighted by molar-refractivity contribution is 7.17. The lowest BCUT2D eigenvalue weighted by Gasteiger charge is -2.35. The molecule has 5 rings (SSSR count). The zero-order valence-electron chi connectivity index (χ0n) is 22.8. The van der Waals surface area contributed by atoms with Crippen molar-refractivity contribution in [3.63, 3.8) is 0 Å². The fraction of sp³-hybridized carbons (Fsp3) is 0.433. The van der Waals surface area contributed by atoms with Crippen molar-refractivity contribution in [2.24, 2.45) is 0 Å². The summed E-state index contributed by atoms with van der Waals surface area (Å²) >= 11 is 1.44. The second kappa shape index (κ2) is 11.3. The number of amides is 1. The van der Waals surface area contributed by atoms with E-state index in [1.807, 2.05) is 19.1 Å². The molecule has 0 saturated heterocycles. The van der Waals surface area contributed by atoms with Crippen LogP contribution in [0.2, 0.25) is 0 Å². The standard InChI is InChI=1S/C30H34N2O6S/c1-5-38-30(35)25-17-10-6-7-15-22(17)39-29(25)32-28(34)23-16(2)31-19-12-9-13-20(33)26(19)24(23)18-11-8-14-21(36-3)27(18)37-4/h8,11,14,24,31H,5-7,9-10,12-13,15H2,1-4H3,(H,32,34)/t24-/m1/s1. The van der Waals surface area contributed by atoms with Crippen molar-refractivity contribution < 1.29 is 28.6 Å². The van der Waals surface area contributed by atoms with Crippen LogP contribution < -0.4 is 20.1 Å². The summed E-state index contributed by atoms with van der Waals surface area (Å²) in [6, 6.07) is 5.50. The molecule has 2 aliphatic carbocycles. The van der Waals surface area contributed by atoms with E-state index in [0.717, 1.165) is 54.7 Å². The van der Waals surface area contributed by atoms with Gasteiger partial charge in [0.1, 0.15) is 5.00 Å². The Balaban J connectivity index is 1.62. The molecule has 1 aromatic carbocycles. The Hall–Kier alpha value is -3.59. The number of nitrogens with one attached hydrogen (secondary N) is 2. The highest BCUT2D eigenvalue weighted by atomic mass is 32.1. The minimum atomic E-state index is -0.653. The number of dihydropyridines is 1. The molecule has 0 bridgehead atoms. The summed E-state index contributed by atoms with van der Waals surface area (Å²) in [7, 11) is 3.11. The largest absolute Gasteiger partial charge is 0.493 e. The van der Waals surface area contributed by atoms with Crippen molar-refractivity contribution in [3.8, 4) is 11.5 Å². The number of aryl methyl sites for hydroxylation is 1. The molecule has 2 heterocycles. The number of anilines is 1. The summed E-state index contributed by atoms with van der Waals surface area (Å²) in [6.45, 7) is 3.88. The number of carbonyl (C=O) groups is 3. The number of para-hydroxylation sites is 1. The molecule has 9 heteroatoms. The van der Waals surface area contributed by atoms with E-state index in [2.05, 4.69) is 10.6 Å². The molecule has 0 unspecified atom stereocenters. The maximum atomic E-state index is 14.2. The minimum Gasteiger partial charge on any atom is -0.493 e. The molecule has 8 nitrogen and oxygen atoms in total. The van der Waals surface area contributed by atoms with Gasteiger partial charge in [0.05, 0.1) is 32.3 Å². The van der Waals surface area contributed by atoms with Gasteiger partial charge < -0.3 is 24.8 Å². The normalized spacial score (nSPS) is 18.7. The molecule has 2 N–H and O–H groups in total. The average Bonchev–Trinajstić information content (AvgIpc) is 3.29. The monoisotopic (exact) mass is 550 g/mol. The van der Waals surface area contributed by atoms with Crippen LogP contribution in [0, 0.1) is 0 Å². The number of hydrogen-bond acceptors (Lipinski definition) is 8. The van der Waals surface area contributed by atoms with Crippen molar-refractivity contribution in [1.82, 2.24) is 5.32 Å². The first kappa shape index (κ1) is 27.0. The number of ketones is 1. The minimum absolute atomic E-state index is 0.00947. The van der Waals surface area contributed by atoms with Crippen LogP contribution in [0.1, 0.15) is 78.2 Å². The number of rotatable bonds is 7. The van der Waals surface area contributed by atoms with Gasteiger partial charge in [-0.25, -0.2) is 4.79 Å². The van der Waals surface area contributed by atoms with Crippen molar-refractivity contribution in [2.45, 2.75) is 64.7 Å². The first-order valence-electron chi connectivity index (χ1n) is 13.5. The second-order valence-corrected chi connectivity index (χ2v) is 11.0.